The molecule has 1 atom stereocenters. The average molecular weight is 202 g/mol. The number of carbonyl (C=O) groups excluding carboxylic acids is 1. The van der Waals surface area contributed by atoms with Crippen LogP contribution < -0.4 is 11.1 Å². The van der Waals surface area contributed by atoms with Gasteiger partial charge >= 0.3 is 0 Å². The van der Waals surface area contributed by atoms with Crippen LogP contribution >= 0.6 is 0 Å². The Morgan fingerprint density at radius 3 is 2.93 bits per heavy atom. The lowest BCUT2D eigenvalue weighted by atomic mass is 10.1. The molecule has 0 aliphatic rings. The van der Waals surface area contributed by atoms with Crippen molar-refractivity contribution >= 4 is 11.6 Å². The molecule has 0 aliphatic carbocycles. The van der Waals surface area contributed by atoms with E-state index in [0.29, 0.717) is 17.7 Å². The molecular weight excluding hydrogens is 188 g/mol. The van der Waals surface area contributed by atoms with E-state index in [9.17, 15) is 4.79 Å². The number of nitrogens with two attached hydrogens (primary N) is 1. The molecule has 0 spiro atoms. The van der Waals surface area contributed by atoms with Gasteiger partial charge in [0.1, 0.15) is 0 Å². The summed E-state index contributed by atoms with van der Waals surface area (Å²) < 4.78 is 0. The highest BCUT2D eigenvalue weighted by Gasteiger charge is 2.09. The van der Waals surface area contributed by atoms with E-state index in [1.165, 1.54) is 0 Å². The zero-order valence-corrected chi connectivity index (χ0v) is 8.66. The first kappa shape index (κ1) is 11.1. The first-order chi connectivity index (χ1) is 7.17. The molecule has 3 nitrogen and oxygen atoms in total. The van der Waals surface area contributed by atoms with E-state index in [0.717, 1.165) is 0 Å². The van der Waals surface area contributed by atoms with Crippen molar-refractivity contribution in [1.29, 1.82) is 0 Å². The summed E-state index contributed by atoms with van der Waals surface area (Å²) >= 11 is 0. The standard InChI is InChI=1S/C12H14N2O/c1-3-11(4-2)14-12(15)9-6-5-7-10(13)8-9/h1,5-8,11H,4,13H2,2H3,(H,14,15). The summed E-state index contributed by atoms with van der Waals surface area (Å²) in [7, 11) is 0. The van der Waals surface area contributed by atoms with Gasteiger partial charge in [-0.15, -0.1) is 6.42 Å². The van der Waals surface area contributed by atoms with E-state index in [1.54, 1.807) is 24.3 Å². The molecule has 0 saturated carbocycles. The maximum absolute atomic E-state index is 11.7. The third-order valence-electron chi connectivity index (χ3n) is 2.06. The summed E-state index contributed by atoms with van der Waals surface area (Å²) in [6.07, 6.45) is 5.96. The zero-order valence-electron chi connectivity index (χ0n) is 8.66. The van der Waals surface area contributed by atoms with Crippen LogP contribution in [-0.2, 0) is 0 Å². The summed E-state index contributed by atoms with van der Waals surface area (Å²) in [5.41, 5.74) is 6.67. The fraction of sp³-hybridized carbons (Fsp3) is 0.250. The molecule has 0 fully saturated rings. The number of carbonyl (C=O) groups is 1. The van der Waals surface area contributed by atoms with Gasteiger partial charge in [0, 0.05) is 11.3 Å². The Bertz CT molecular complexity index is 393. The first-order valence-corrected chi connectivity index (χ1v) is 4.80. The molecule has 3 N–H and O–H groups in total. The smallest absolute Gasteiger partial charge is 0.252 e. The van der Waals surface area contributed by atoms with Gasteiger partial charge in [-0.05, 0) is 24.6 Å². The predicted molar refractivity (Wildman–Crippen MR) is 61.2 cm³/mol. The minimum Gasteiger partial charge on any atom is -0.399 e. The van der Waals surface area contributed by atoms with Crippen molar-refractivity contribution in [2.24, 2.45) is 0 Å². The Balaban J connectivity index is 2.74. The first-order valence-electron chi connectivity index (χ1n) is 4.80. The van der Waals surface area contributed by atoms with Crippen LogP contribution in [0.4, 0.5) is 5.69 Å². The second-order valence-electron chi connectivity index (χ2n) is 3.23. The number of hydrogen-bond acceptors (Lipinski definition) is 2. The summed E-state index contributed by atoms with van der Waals surface area (Å²) in [4.78, 5) is 11.7. The van der Waals surface area contributed by atoms with E-state index in [2.05, 4.69) is 11.2 Å². The summed E-state index contributed by atoms with van der Waals surface area (Å²) in [6.45, 7) is 1.92. The molecule has 1 aromatic rings. The largest absolute Gasteiger partial charge is 0.399 e. The molecule has 0 aromatic heterocycles. The number of terminal acetylenes is 1. The summed E-state index contributed by atoms with van der Waals surface area (Å²) in [5.74, 6) is 2.32. The maximum Gasteiger partial charge on any atom is 0.252 e. The summed E-state index contributed by atoms with van der Waals surface area (Å²) in [5, 5.41) is 2.73. The van der Waals surface area contributed by atoms with Crippen molar-refractivity contribution < 1.29 is 4.79 Å². The Kier molecular flexibility index (Phi) is 3.75. The molecule has 1 rings (SSSR count). The van der Waals surface area contributed by atoms with Gasteiger partial charge in [0.2, 0.25) is 0 Å². The number of amides is 1. The number of rotatable bonds is 3. The minimum atomic E-state index is -0.223. The minimum absolute atomic E-state index is 0.188. The van der Waals surface area contributed by atoms with E-state index < -0.39 is 0 Å². The second kappa shape index (κ2) is 5.06. The Morgan fingerprint density at radius 2 is 2.40 bits per heavy atom. The normalized spacial score (nSPS) is 11.5. The van der Waals surface area contributed by atoms with E-state index in [-0.39, 0.29) is 11.9 Å². The van der Waals surface area contributed by atoms with Gasteiger partial charge in [-0.25, -0.2) is 0 Å². The molecule has 1 amide bonds. The van der Waals surface area contributed by atoms with E-state index >= 15 is 0 Å². The topological polar surface area (TPSA) is 55.1 Å². The number of hydrogen-bond donors (Lipinski definition) is 2. The fourth-order valence-corrected chi connectivity index (χ4v) is 1.18. The molecule has 0 heterocycles. The van der Waals surface area contributed by atoms with Crippen LogP contribution in [0.2, 0.25) is 0 Å². The van der Waals surface area contributed by atoms with Gasteiger partial charge in [-0.2, -0.15) is 0 Å². The van der Waals surface area contributed by atoms with E-state index in [4.69, 9.17) is 12.2 Å². The highest BCUT2D eigenvalue weighted by atomic mass is 16.1. The Labute approximate surface area is 89.7 Å². The van der Waals surface area contributed by atoms with Gasteiger partial charge in [-0.3, -0.25) is 4.79 Å². The van der Waals surface area contributed by atoms with Crippen molar-refractivity contribution in [3.05, 3.63) is 29.8 Å². The Hall–Kier alpha value is -1.95. The van der Waals surface area contributed by atoms with Crippen LogP contribution in [0.5, 0.6) is 0 Å². The van der Waals surface area contributed by atoms with Gasteiger partial charge in [0.25, 0.3) is 5.91 Å². The van der Waals surface area contributed by atoms with Crippen molar-refractivity contribution in [2.75, 3.05) is 5.73 Å². The maximum atomic E-state index is 11.7. The lowest BCUT2D eigenvalue weighted by Gasteiger charge is -2.10. The zero-order chi connectivity index (χ0) is 11.3. The molecule has 1 unspecified atom stereocenters. The number of nitrogen functional groups attached to an aromatic ring is 1. The van der Waals surface area contributed by atoms with E-state index in [1.807, 2.05) is 6.92 Å². The third kappa shape index (κ3) is 3.03. The molecule has 0 aliphatic heterocycles. The van der Waals surface area contributed by atoms with Crippen LogP contribution in [0.3, 0.4) is 0 Å². The van der Waals surface area contributed by atoms with Gasteiger partial charge in [0.05, 0.1) is 6.04 Å². The quantitative estimate of drug-likeness (QED) is 0.575. The van der Waals surface area contributed by atoms with Crippen LogP contribution in [0.1, 0.15) is 23.7 Å². The van der Waals surface area contributed by atoms with Crippen molar-refractivity contribution in [2.45, 2.75) is 19.4 Å². The Morgan fingerprint density at radius 1 is 1.67 bits per heavy atom. The highest BCUT2D eigenvalue weighted by molar-refractivity contribution is 5.95. The second-order valence-corrected chi connectivity index (χ2v) is 3.23. The predicted octanol–water partition coefficient (Wildman–Crippen LogP) is 1.41. The van der Waals surface area contributed by atoms with Gasteiger partial charge in [-0.1, -0.05) is 18.9 Å². The molecule has 78 valence electrons. The van der Waals surface area contributed by atoms with Crippen molar-refractivity contribution in [3.63, 3.8) is 0 Å². The molecule has 3 heteroatoms. The van der Waals surface area contributed by atoms with Crippen LogP contribution in [0.25, 0.3) is 0 Å². The average Bonchev–Trinajstić information content (AvgIpc) is 2.25. The van der Waals surface area contributed by atoms with Crippen LogP contribution in [-0.4, -0.2) is 11.9 Å². The number of nitrogens with one attached hydrogen (secondary N) is 1. The number of benzene rings is 1. The number of anilines is 1. The van der Waals surface area contributed by atoms with Crippen LogP contribution in [0, 0.1) is 12.3 Å². The summed E-state index contributed by atoms with van der Waals surface area (Å²) in [6, 6.07) is 6.57. The molecule has 0 bridgehead atoms. The molecule has 0 saturated heterocycles. The van der Waals surface area contributed by atoms with Gasteiger partial charge < -0.3 is 11.1 Å². The molecule has 1 aromatic carbocycles. The van der Waals surface area contributed by atoms with Crippen molar-refractivity contribution in [1.82, 2.24) is 5.32 Å². The fourth-order valence-electron chi connectivity index (χ4n) is 1.18. The highest BCUT2D eigenvalue weighted by Crippen LogP contribution is 2.06. The van der Waals surface area contributed by atoms with Gasteiger partial charge in [0.15, 0.2) is 0 Å². The monoisotopic (exact) mass is 202 g/mol. The lowest BCUT2D eigenvalue weighted by molar-refractivity contribution is 0.0945. The SMILES string of the molecule is C#CC(CC)NC(=O)c1cccc(N)c1. The molecular formula is C12H14N2O. The molecule has 15 heavy (non-hydrogen) atoms. The van der Waals surface area contributed by atoms with Crippen LogP contribution in [0.15, 0.2) is 24.3 Å². The lowest BCUT2D eigenvalue weighted by Crippen LogP contribution is -2.33. The molecule has 0 radical (unpaired) electrons. The van der Waals surface area contributed by atoms with Crippen molar-refractivity contribution in [3.8, 4) is 12.3 Å². The third-order valence-corrected chi connectivity index (χ3v) is 2.06.